The van der Waals surface area contributed by atoms with Crippen LogP contribution in [0.1, 0.15) is 36.1 Å². The fourth-order valence-electron chi connectivity index (χ4n) is 3.19. The van der Waals surface area contributed by atoms with Crippen LogP contribution in [0.3, 0.4) is 0 Å². The van der Waals surface area contributed by atoms with E-state index in [0.717, 1.165) is 30.0 Å². The highest BCUT2D eigenvalue weighted by Gasteiger charge is 2.22. The summed E-state index contributed by atoms with van der Waals surface area (Å²) in [5.74, 6) is 0.551. The van der Waals surface area contributed by atoms with Crippen LogP contribution in [0.5, 0.6) is 5.75 Å². The van der Waals surface area contributed by atoms with Crippen molar-refractivity contribution in [3.05, 3.63) is 58.1 Å². The summed E-state index contributed by atoms with van der Waals surface area (Å²) in [6.45, 7) is 2.22. The molecule has 4 nitrogen and oxygen atoms in total. The molecule has 0 radical (unpaired) electrons. The van der Waals surface area contributed by atoms with Crippen LogP contribution in [-0.4, -0.2) is 13.0 Å². The molecule has 0 aromatic heterocycles. The molecule has 2 N–H and O–H groups in total. The average molecular weight is 345 g/mol. The van der Waals surface area contributed by atoms with Gasteiger partial charge < -0.3 is 15.4 Å². The van der Waals surface area contributed by atoms with Gasteiger partial charge in [-0.3, -0.25) is 4.79 Å². The number of halogens is 1. The lowest BCUT2D eigenvalue weighted by atomic mass is 10.1. The van der Waals surface area contributed by atoms with E-state index in [1.165, 1.54) is 18.1 Å². The second-order valence-corrected chi connectivity index (χ2v) is 6.47. The highest BCUT2D eigenvalue weighted by molar-refractivity contribution is 6.30. The van der Waals surface area contributed by atoms with Gasteiger partial charge in [0.15, 0.2) is 0 Å². The van der Waals surface area contributed by atoms with Crippen LogP contribution in [-0.2, 0) is 17.8 Å². The molecule has 0 saturated carbocycles. The number of rotatable bonds is 5. The number of carbonyl (C=O) groups excluding carboxylic acids is 1. The largest absolute Gasteiger partial charge is 0.495 e. The molecule has 1 amide bonds. The average Bonchev–Trinajstić information content (AvgIpc) is 2.94. The first kappa shape index (κ1) is 16.8. The van der Waals surface area contributed by atoms with Gasteiger partial charge in [-0.2, -0.15) is 0 Å². The first-order valence-electron chi connectivity index (χ1n) is 8.03. The van der Waals surface area contributed by atoms with Crippen molar-refractivity contribution in [2.24, 2.45) is 0 Å². The Bertz CT molecular complexity index is 761. The lowest BCUT2D eigenvalue weighted by Gasteiger charge is -2.16. The summed E-state index contributed by atoms with van der Waals surface area (Å²) in [5.41, 5.74) is 4.45. The Morgan fingerprint density at radius 1 is 1.29 bits per heavy atom. The van der Waals surface area contributed by atoms with Crippen molar-refractivity contribution >= 4 is 23.2 Å². The maximum Gasteiger partial charge on any atom is 0.221 e. The summed E-state index contributed by atoms with van der Waals surface area (Å²) in [6, 6.07) is 12.3. The summed E-state index contributed by atoms with van der Waals surface area (Å²) in [6.07, 6.45) is 2.12. The van der Waals surface area contributed by atoms with E-state index in [-0.39, 0.29) is 5.91 Å². The Morgan fingerprint density at radius 3 is 2.88 bits per heavy atom. The number of nitrogens with one attached hydrogen (secondary N) is 2. The number of methoxy groups -OCH3 is 1. The Morgan fingerprint density at radius 2 is 2.12 bits per heavy atom. The van der Waals surface area contributed by atoms with Gasteiger partial charge in [-0.25, -0.2) is 0 Å². The molecular weight excluding hydrogens is 324 g/mol. The summed E-state index contributed by atoms with van der Waals surface area (Å²) in [4.78, 5) is 11.3. The maximum absolute atomic E-state index is 11.3. The quantitative estimate of drug-likeness (QED) is 0.859. The van der Waals surface area contributed by atoms with Crippen LogP contribution in [0.15, 0.2) is 36.4 Å². The smallest absolute Gasteiger partial charge is 0.221 e. The SMILES string of the molecule is COc1ccc(CN[C@H]2CCc3cc(Cl)ccc32)cc1NC(C)=O. The molecule has 0 fully saturated rings. The number of hydrogen-bond donors (Lipinski definition) is 2. The number of benzene rings is 2. The Labute approximate surface area is 147 Å². The second kappa shape index (κ2) is 7.24. The van der Waals surface area contributed by atoms with Gasteiger partial charge in [-0.15, -0.1) is 0 Å². The lowest BCUT2D eigenvalue weighted by Crippen LogP contribution is -2.19. The van der Waals surface area contributed by atoms with Crippen LogP contribution in [0, 0.1) is 0 Å². The molecule has 2 aromatic rings. The van der Waals surface area contributed by atoms with E-state index in [4.69, 9.17) is 16.3 Å². The Hall–Kier alpha value is -2.04. The van der Waals surface area contributed by atoms with Gasteiger partial charge in [0.1, 0.15) is 5.75 Å². The number of carbonyl (C=O) groups is 1. The molecule has 2 aromatic carbocycles. The number of amides is 1. The van der Waals surface area contributed by atoms with Crippen molar-refractivity contribution in [3.8, 4) is 5.75 Å². The van der Waals surface area contributed by atoms with Crippen molar-refractivity contribution < 1.29 is 9.53 Å². The molecule has 0 saturated heterocycles. The minimum atomic E-state index is -0.111. The van der Waals surface area contributed by atoms with Crippen LogP contribution in [0.25, 0.3) is 0 Å². The normalized spacial score (nSPS) is 15.9. The second-order valence-electron chi connectivity index (χ2n) is 6.03. The van der Waals surface area contributed by atoms with Gasteiger partial charge in [-0.1, -0.05) is 23.7 Å². The summed E-state index contributed by atoms with van der Waals surface area (Å²) in [7, 11) is 1.60. The van der Waals surface area contributed by atoms with Crippen molar-refractivity contribution in [1.82, 2.24) is 5.32 Å². The van der Waals surface area contributed by atoms with Gasteiger partial charge in [0.2, 0.25) is 5.91 Å². The minimum Gasteiger partial charge on any atom is -0.495 e. The summed E-state index contributed by atoms with van der Waals surface area (Å²) in [5, 5.41) is 7.20. The fraction of sp³-hybridized carbons (Fsp3) is 0.316. The standard InChI is InChI=1S/C19H21ClN2O2/c1-12(23)22-18-9-13(3-8-19(18)24-2)11-21-17-7-4-14-10-15(20)5-6-16(14)17/h3,5-6,8-10,17,21H,4,7,11H2,1-2H3,(H,22,23)/t17-/m0/s1. The molecule has 1 aliphatic rings. The summed E-state index contributed by atoms with van der Waals surface area (Å²) < 4.78 is 5.29. The highest BCUT2D eigenvalue weighted by Crippen LogP contribution is 2.33. The summed E-state index contributed by atoms with van der Waals surface area (Å²) >= 11 is 6.06. The van der Waals surface area contributed by atoms with E-state index in [2.05, 4.69) is 22.8 Å². The molecule has 0 aliphatic heterocycles. The van der Waals surface area contributed by atoms with E-state index < -0.39 is 0 Å². The van der Waals surface area contributed by atoms with Crippen LogP contribution >= 0.6 is 11.6 Å². The third-order valence-electron chi connectivity index (χ3n) is 4.31. The zero-order chi connectivity index (χ0) is 17.1. The van der Waals surface area contributed by atoms with Gasteiger partial charge in [0, 0.05) is 24.5 Å². The highest BCUT2D eigenvalue weighted by atomic mass is 35.5. The van der Waals surface area contributed by atoms with Gasteiger partial charge in [-0.05, 0) is 53.8 Å². The molecule has 126 valence electrons. The number of hydrogen-bond acceptors (Lipinski definition) is 3. The van der Waals surface area contributed by atoms with Gasteiger partial charge in [0.05, 0.1) is 12.8 Å². The van der Waals surface area contributed by atoms with E-state index in [1.54, 1.807) is 7.11 Å². The first-order chi connectivity index (χ1) is 11.6. The maximum atomic E-state index is 11.3. The molecule has 0 heterocycles. The molecule has 1 atom stereocenters. The van der Waals surface area contributed by atoms with Crippen molar-refractivity contribution in [3.63, 3.8) is 0 Å². The molecule has 0 bridgehead atoms. The lowest BCUT2D eigenvalue weighted by molar-refractivity contribution is -0.114. The number of anilines is 1. The van der Waals surface area contributed by atoms with E-state index >= 15 is 0 Å². The minimum absolute atomic E-state index is 0.111. The molecule has 3 rings (SSSR count). The number of aryl methyl sites for hydroxylation is 1. The molecule has 0 unspecified atom stereocenters. The van der Waals surface area contributed by atoms with E-state index in [1.807, 2.05) is 24.3 Å². The molecule has 24 heavy (non-hydrogen) atoms. The van der Waals surface area contributed by atoms with Crippen LogP contribution in [0.2, 0.25) is 5.02 Å². The predicted molar refractivity (Wildman–Crippen MR) is 96.7 cm³/mol. The van der Waals surface area contributed by atoms with Crippen LogP contribution in [0.4, 0.5) is 5.69 Å². The molecular formula is C19H21ClN2O2. The van der Waals surface area contributed by atoms with Crippen LogP contribution < -0.4 is 15.4 Å². The Balaban J connectivity index is 1.71. The fourth-order valence-corrected chi connectivity index (χ4v) is 3.39. The number of fused-ring (bicyclic) bond motifs is 1. The molecule has 0 spiro atoms. The monoisotopic (exact) mass is 344 g/mol. The predicted octanol–water partition coefficient (Wildman–Crippen LogP) is 4.08. The van der Waals surface area contributed by atoms with Crippen molar-refractivity contribution in [1.29, 1.82) is 0 Å². The van der Waals surface area contributed by atoms with Gasteiger partial charge >= 0.3 is 0 Å². The van der Waals surface area contributed by atoms with Crippen molar-refractivity contribution in [2.75, 3.05) is 12.4 Å². The van der Waals surface area contributed by atoms with E-state index in [9.17, 15) is 4.79 Å². The topological polar surface area (TPSA) is 50.4 Å². The number of ether oxygens (including phenoxy) is 1. The first-order valence-corrected chi connectivity index (χ1v) is 8.41. The van der Waals surface area contributed by atoms with E-state index in [0.29, 0.717) is 17.5 Å². The molecule has 1 aliphatic carbocycles. The zero-order valence-electron chi connectivity index (χ0n) is 13.9. The Kier molecular flexibility index (Phi) is 5.07. The zero-order valence-corrected chi connectivity index (χ0v) is 14.6. The molecule has 5 heteroatoms. The third-order valence-corrected chi connectivity index (χ3v) is 4.55. The third kappa shape index (κ3) is 3.71. The van der Waals surface area contributed by atoms with Gasteiger partial charge in [0.25, 0.3) is 0 Å². The van der Waals surface area contributed by atoms with Crippen molar-refractivity contribution in [2.45, 2.75) is 32.4 Å².